The Morgan fingerprint density at radius 1 is 1.12 bits per heavy atom. The lowest BCUT2D eigenvalue weighted by Gasteiger charge is -2.43. The van der Waals surface area contributed by atoms with E-state index in [-0.39, 0.29) is 5.54 Å². The fourth-order valence-electron chi connectivity index (χ4n) is 4.10. The van der Waals surface area contributed by atoms with Gasteiger partial charge in [-0.2, -0.15) is 13.2 Å². The first-order valence-electron chi connectivity index (χ1n) is 9.67. The Balaban J connectivity index is 1.87. The summed E-state index contributed by atoms with van der Waals surface area (Å²) in [6.07, 6.45) is 1.09. The Labute approximate surface area is 154 Å². The molecule has 0 bridgehead atoms. The molecule has 2 fully saturated rings. The number of piperidine rings is 2. The van der Waals surface area contributed by atoms with Crippen LogP contribution in [0.25, 0.3) is 0 Å². The van der Waals surface area contributed by atoms with Crippen LogP contribution in [0.5, 0.6) is 0 Å². The molecule has 6 heteroatoms. The van der Waals surface area contributed by atoms with Crippen LogP contribution in [-0.2, 0) is 12.7 Å². The molecule has 3 rings (SSSR count). The van der Waals surface area contributed by atoms with Gasteiger partial charge in [0.25, 0.3) is 0 Å². The van der Waals surface area contributed by atoms with Crippen LogP contribution in [0.4, 0.5) is 18.9 Å². The highest BCUT2D eigenvalue weighted by Crippen LogP contribution is 2.36. The van der Waals surface area contributed by atoms with Gasteiger partial charge in [0.05, 0.1) is 5.56 Å². The number of alkyl halides is 3. The number of nitrogens with one attached hydrogen (secondary N) is 1. The van der Waals surface area contributed by atoms with Crippen LogP contribution in [0.15, 0.2) is 18.2 Å². The fraction of sp³-hybridized carbons (Fsp3) is 0.700. The van der Waals surface area contributed by atoms with Gasteiger partial charge >= 0.3 is 6.18 Å². The number of halogens is 3. The summed E-state index contributed by atoms with van der Waals surface area (Å²) in [4.78, 5) is 4.47. The Kier molecular flexibility index (Phi) is 5.82. The summed E-state index contributed by atoms with van der Waals surface area (Å²) < 4.78 is 39.7. The van der Waals surface area contributed by atoms with E-state index in [2.05, 4.69) is 29.1 Å². The first-order valence-corrected chi connectivity index (χ1v) is 9.67. The van der Waals surface area contributed by atoms with Gasteiger partial charge in [-0.3, -0.25) is 4.90 Å². The predicted octanol–water partition coefficient (Wildman–Crippen LogP) is 4.27. The standard InChI is InChI=1S/C20H30F3N3/c1-19(8-10-24-11-9-19)25(2)15-16-6-7-17(20(21,22)23)14-18(16)26-12-4-3-5-13-26/h6-7,14,24H,3-5,8-13,15H2,1-2H3. The molecule has 2 saturated heterocycles. The first-order chi connectivity index (χ1) is 12.3. The van der Waals surface area contributed by atoms with Crippen molar-refractivity contribution in [1.82, 2.24) is 10.2 Å². The Bertz CT molecular complexity index is 603. The normalized spacial score (nSPS) is 21.2. The summed E-state index contributed by atoms with van der Waals surface area (Å²) in [5.41, 5.74) is 1.32. The van der Waals surface area contributed by atoms with Crippen molar-refractivity contribution in [1.29, 1.82) is 0 Å². The number of anilines is 1. The van der Waals surface area contributed by atoms with Crippen molar-refractivity contribution in [2.24, 2.45) is 0 Å². The second-order valence-electron chi connectivity index (χ2n) is 7.99. The van der Waals surface area contributed by atoms with E-state index in [9.17, 15) is 13.2 Å². The zero-order valence-corrected chi connectivity index (χ0v) is 15.8. The lowest BCUT2D eigenvalue weighted by molar-refractivity contribution is -0.137. The van der Waals surface area contributed by atoms with Crippen LogP contribution in [-0.4, -0.2) is 43.7 Å². The van der Waals surface area contributed by atoms with E-state index in [1.165, 1.54) is 12.1 Å². The van der Waals surface area contributed by atoms with E-state index in [0.29, 0.717) is 6.54 Å². The van der Waals surface area contributed by atoms with Crippen molar-refractivity contribution in [3.05, 3.63) is 29.3 Å². The van der Waals surface area contributed by atoms with Crippen LogP contribution in [0.2, 0.25) is 0 Å². The predicted molar refractivity (Wildman–Crippen MR) is 99.5 cm³/mol. The molecule has 2 aliphatic rings. The second kappa shape index (κ2) is 7.77. The molecule has 0 aromatic heterocycles. The summed E-state index contributed by atoms with van der Waals surface area (Å²) in [7, 11) is 2.10. The molecule has 0 aliphatic carbocycles. The minimum atomic E-state index is -4.30. The minimum absolute atomic E-state index is 0.0904. The van der Waals surface area contributed by atoms with E-state index in [1.807, 2.05) is 0 Å². The van der Waals surface area contributed by atoms with E-state index in [0.717, 1.165) is 69.5 Å². The molecule has 2 aliphatic heterocycles. The van der Waals surface area contributed by atoms with E-state index in [1.54, 1.807) is 6.07 Å². The third-order valence-corrected chi connectivity index (χ3v) is 6.12. The molecule has 1 N–H and O–H groups in total. The summed E-state index contributed by atoms with van der Waals surface area (Å²) in [6, 6.07) is 4.29. The summed E-state index contributed by atoms with van der Waals surface area (Å²) in [6.45, 7) is 6.62. The van der Waals surface area contributed by atoms with Crippen molar-refractivity contribution in [2.45, 2.75) is 57.3 Å². The molecule has 0 unspecified atom stereocenters. The molecule has 2 heterocycles. The van der Waals surface area contributed by atoms with Gasteiger partial charge in [-0.05, 0) is 76.9 Å². The number of benzene rings is 1. The summed E-state index contributed by atoms with van der Waals surface area (Å²) in [5.74, 6) is 0. The average Bonchev–Trinajstić information content (AvgIpc) is 2.62. The van der Waals surface area contributed by atoms with Crippen LogP contribution in [0.1, 0.15) is 50.2 Å². The molecule has 0 atom stereocenters. The van der Waals surface area contributed by atoms with Gasteiger partial charge in [-0.25, -0.2) is 0 Å². The van der Waals surface area contributed by atoms with Crippen LogP contribution in [0.3, 0.4) is 0 Å². The molecular weight excluding hydrogens is 339 g/mol. The highest BCUT2D eigenvalue weighted by Gasteiger charge is 2.34. The molecular formula is C20H30F3N3. The highest BCUT2D eigenvalue weighted by molar-refractivity contribution is 5.56. The zero-order chi connectivity index (χ0) is 18.8. The van der Waals surface area contributed by atoms with E-state index >= 15 is 0 Å². The molecule has 1 aromatic rings. The average molecular weight is 369 g/mol. The molecule has 146 valence electrons. The van der Waals surface area contributed by atoms with Gasteiger partial charge in [-0.15, -0.1) is 0 Å². The van der Waals surface area contributed by atoms with Crippen LogP contribution >= 0.6 is 0 Å². The maximum Gasteiger partial charge on any atom is 0.416 e. The third-order valence-electron chi connectivity index (χ3n) is 6.12. The van der Waals surface area contributed by atoms with Gasteiger partial charge in [0.2, 0.25) is 0 Å². The Hall–Kier alpha value is -1.27. The molecule has 3 nitrogen and oxygen atoms in total. The molecule has 0 spiro atoms. The van der Waals surface area contributed by atoms with Crippen molar-refractivity contribution < 1.29 is 13.2 Å². The highest BCUT2D eigenvalue weighted by atomic mass is 19.4. The van der Waals surface area contributed by atoms with Crippen LogP contribution < -0.4 is 10.2 Å². The van der Waals surface area contributed by atoms with E-state index < -0.39 is 11.7 Å². The fourth-order valence-corrected chi connectivity index (χ4v) is 4.10. The minimum Gasteiger partial charge on any atom is -0.371 e. The van der Waals surface area contributed by atoms with Crippen LogP contribution in [0, 0.1) is 0 Å². The number of hydrogen-bond acceptors (Lipinski definition) is 3. The van der Waals surface area contributed by atoms with Gasteiger partial charge in [0, 0.05) is 30.9 Å². The maximum absolute atomic E-state index is 13.2. The van der Waals surface area contributed by atoms with Gasteiger partial charge in [0.15, 0.2) is 0 Å². The molecule has 26 heavy (non-hydrogen) atoms. The summed E-state index contributed by atoms with van der Waals surface area (Å²) >= 11 is 0. The van der Waals surface area contributed by atoms with Gasteiger partial charge in [-0.1, -0.05) is 6.07 Å². The number of hydrogen-bond donors (Lipinski definition) is 1. The smallest absolute Gasteiger partial charge is 0.371 e. The lowest BCUT2D eigenvalue weighted by Crippen LogP contribution is -2.50. The first kappa shape index (κ1) is 19.5. The van der Waals surface area contributed by atoms with Crippen molar-refractivity contribution >= 4 is 5.69 Å². The molecule has 1 aromatic carbocycles. The number of nitrogens with zero attached hydrogens (tertiary/aromatic N) is 2. The van der Waals surface area contributed by atoms with Crippen molar-refractivity contribution in [3.8, 4) is 0 Å². The summed E-state index contributed by atoms with van der Waals surface area (Å²) in [5, 5.41) is 3.39. The monoisotopic (exact) mass is 369 g/mol. The molecule has 0 saturated carbocycles. The van der Waals surface area contributed by atoms with Gasteiger partial charge in [0.1, 0.15) is 0 Å². The van der Waals surface area contributed by atoms with E-state index in [4.69, 9.17) is 0 Å². The topological polar surface area (TPSA) is 18.5 Å². The van der Waals surface area contributed by atoms with Crippen molar-refractivity contribution in [3.63, 3.8) is 0 Å². The second-order valence-corrected chi connectivity index (χ2v) is 7.99. The zero-order valence-electron chi connectivity index (χ0n) is 15.8. The number of rotatable bonds is 4. The van der Waals surface area contributed by atoms with Crippen molar-refractivity contribution in [2.75, 3.05) is 38.1 Å². The van der Waals surface area contributed by atoms with Gasteiger partial charge < -0.3 is 10.2 Å². The third kappa shape index (κ3) is 4.34. The Morgan fingerprint density at radius 3 is 2.38 bits per heavy atom. The molecule has 0 radical (unpaired) electrons. The largest absolute Gasteiger partial charge is 0.416 e. The SMILES string of the molecule is CN(Cc1ccc(C(F)(F)F)cc1N1CCCCC1)C1(C)CCNCC1. The molecule has 0 amide bonds. The quantitative estimate of drug-likeness (QED) is 0.855. The lowest BCUT2D eigenvalue weighted by atomic mass is 9.88. The maximum atomic E-state index is 13.2. The Morgan fingerprint density at radius 2 is 1.77 bits per heavy atom.